The predicted octanol–water partition coefficient (Wildman–Crippen LogP) is 3.23. The molecule has 0 unspecified atom stereocenters. The van der Waals surface area contributed by atoms with Crippen molar-refractivity contribution in [1.29, 1.82) is 0 Å². The fourth-order valence-corrected chi connectivity index (χ4v) is 1.16. The van der Waals surface area contributed by atoms with E-state index in [2.05, 4.69) is 0 Å². The molecule has 1 aromatic rings. The third-order valence-electron chi connectivity index (χ3n) is 1.87. The van der Waals surface area contributed by atoms with E-state index in [0.29, 0.717) is 0 Å². The number of hydrogen-bond acceptors (Lipinski definition) is 3. The van der Waals surface area contributed by atoms with Crippen molar-refractivity contribution in [2.75, 3.05) is 0 Å². The van der Waals surface area contributed by atoms with E-state index in [1.165, 1.54) is 12.1 Å². The van der Waals surface area contributed by atoms with E-state index in [1.54, 1.807) is 0 Å². The zero-order valence-electron chi connectivity index (χ0n) is 12.5. The maximum absolute atomic E-state index is 10.7. The molecule has 0 saturated carbocycles. The number of aliphatic carboxylic acids is 1. The first-order valence-electron chi connectivity index (χ1n) is 6.43. The third-order valence-corrected chi connectivity index (χ3v) is 1.87. The second-order valence-electron chi connectivity index (χ2n) is 3.13. The molecule has 0 saturated heterocycles. The van der Waals surface area contributed by atoms with Crippen LogP contribution in [0.3, 0.4) is 0 Å². The van der Waals surface area contributed by atoms with Crippen LogP contribution in [-0.2, 0) is 4.79 Å². The van der Waals surface area contributed by atoms with Gasteiger partial charge in [0.25, 0.3) is 0 Å². The maximum atomic E-state index is 10.7. The summed E-state index contributed by atoms with van der Waals surface area (Å²) in [5, 5.41) is 25.9. The Kier molecular flexibility index (Phi) is 11.0. The quantitative estimate of drug-likeness (QED) is 0.735. The van der Waals surface area contributed by atoms with Gasteiger partial charge in [0.15, 0.2) is 0 Å². The molecule has 0 fully saturated rings. The molecule has 6 nitrogen and oxygen atoms in total. The number of aromatic carboxylic acids is 2. The third kappa shape index (κ3) is 8.20. The molecule has 116 valence electrons. The molecule has 0 atom stereocenters. The minimum absolute atomic E-state index is 0.199. The topological polar surface area (TPSA) is 112 Å². The summed E-state index contributed by atoms with van der Waals surface area (Å²) in [6, 6.07) is 3.38. The first kappa shape index (κ1) is 20.7. The summed E-state index contributed by atoms with van der Waals surface area (Å²) in [6.45, 7) is 8.00. The summed E-state index contributed by atoms with van der Waals surface area (Å²) in [7, 11) is 0. The van der Waals surface area contributed by atoms with Gasteiger partial charge in [-0.25, -0.2) is 14.4 Å². The van der Waals surface area contributed by atoms with Gasteiger partial charge in [-0.05, 0) is 29.8 Å². The van der Waals surface area contributed by atoms with Crippen molar-refractivity contribution in [2.24, 2.45) is 0 Å². The minimum Gasteiger partial charge on any atom is -0.478 e. The molecule has 6 heteroatoms. The van der Waals surface area contributed by atoms with Gasteiger partial charge in [0.05, 0.1) is 11.1 Å². The van der Waals surface area contributed by atoms with E-state index in [9.17, 15) is 14.4 Å². The lowest BCUT2D eigenvalue weighted by atomic mass is 10.1. The lowest BCUT2D eigenvalue weighted by molar-refractivity contribution is -0.131. The van der Waals surface area contributed by atoms with Crippen LogP contribution >= 0.6 is 0 Å². The number of carboxylic acids is 3. The van der Waals surface area contributed by atoms with Crippen LogP contribution in [0.5, 0.6) is 0 Å². The second kappa shape index (κ2) is 11.2. The Hall–Kier alpha value is -2.63. The molecule has 0 heterocycles. The molecule has 1 rings (SSSR count). The molecular formula is C15H20O6. The Morgan fingerprint density at radius 3 is 1.48 bits per heavy atom. The summed E-state index contributed by atoms with van der Waals surface area (Å²) in [5.74, 6) is -3.77. The number of benzene rings is 1. The summed E-state index contributed by atoms with van der Waals surface area (Å²) >= 11 is 0. The van der Waals surface area contributed by atoms with E-state index in [-0.39, 0.29) is 16.7 Å². The van der Waals surface area contributed by atoms with Gasteiger partial charge in [-0.15, -0.1) is 0 Å². The van der Waals surface area contributed by atoms with Crippen LogP contribution in [0.4, 0.5) is 0 Å². The van der Waals surface area contributed by atoms with Gasteiger partial charge in [-0.1, -0.05) is 27.7 Å². The maximum Gasteiger partial charge on any atom is 0.335 e. The molecule has 3 N–H and O–H groups in total. The second-order valence-corrected chi connectivity index (χ2v) is 3.13. The first-order chi connectivity index (χ1) is 9.90. The average Bonchev–Trinajstić information content (AvgIpc) is 2.48. The van der Waals surface area contributed by atoms with Crippen LogP contribution in [0.1, 0.15) is 54.0 Å². The average molecular weight is 296 g/mol. The lowest BCUT2D eigenvalue weighted by Crippen LogP contribution is -2.03. The molecule has 0 bridgehead atoms. The predicted molar refractivity (Wildman–Crippen MR) is 79.7 cm³/mol. The molecule has 0 spiro atoms. The number of carboxylic acid groups (broad SMARTS) is 3. The first-order valence-corrected chi connectivity index (χ1v) is 6.43. The van der Waals surface area contributed by atoms with Crippen LogP contribution in [0, 0.1) is 0 Å². The Balaban J connectivity index is 0. The van der Waals surface area contributed by atoms with Gasteiger partial charge in [-0.2, -0.15) is 0 Å². The highest BCUT2D eigenvalue weighted by molar-refractivity contribution is 5.95. The molecule has 0 aliphatic carbocycles. The highest BCUT2D eigenvalue weighted by atomic mass is 16.4. The highest BCUT2D eigenvalue weighted by Gasteiger charge is 2.10. The smallest absolute Gasteiger partial charge is 0.335 e. The minimum atomic E-state index is -1.28. The molecule has 1 aromatic carbocycles. The molecule has 0 aliphatic rings. The standard InChI is InChI=1S/C11H8O6.2C2H6/c12-9(13)2-1-6-3-7(10(14)15)5-8(4-6)11(16)17;2*1-2/h1-5H,(H,12,13)(H,14,15)(H,16,17);2*1-2H3/b2-1+;;. The SMILES string of the molecule is CC.CC.O=C(O)/C=C/c1cc(C(=O)O)cc(C(=O)O)c1. The molecule has 0 aromatic heterocycles. The van der Waals surface area contributed by atoms with Crippen LogP contribution in [-0.4, -0.2) is 33.2 Å². The van der Waals surface area contributed by atoms with Crippen LogP contribution in [0.25, 0.3) is 6.08 Å². The van der Waals surface area contributed by atoms with Gasteiger partial charge < -0.3 is 15.3 Å². The molecular weight excluding hydrogens is 276 g/mol. The number of carbonyl (C=O) groups is 3. The van der Waals surface area contributed by atoms with Crippen molar-refractivity contribution < 1.29 is 29.7 Å². The van der Waals surface area contributed by atoms with Crippen molar-refractivity contribution in [2.45, 2.75) is 27.7 Å². The van der Waals surface area contributed by atoms with Crippen LogP contribution < -0.4 is 0 Å². The van der Waals surface area contributed by atoms with Crippen molar-refractivity contribution >= 4 is 24.0 Å². The molecule has 21 heavy (non-hydrogen) atoms. The summed E-state index contributed by atoms with van der Waals surface area (Å²) < 4.78 is 0. The number of hydrogen-bond donors (Lipinski definition) is 3. The monoisotopic (exact) mass is 296 g/mol. The molecule has 0 aliphatic heterocycles. The van der Waals surface area contributed by atoms with E-state index in [1.807, 2.05) is 27.7 Å². The van der Waals surface area contributed by atoms with Crippen molar-refractivity contribution in [3.8, 4) is 0 Å². The van der Waals surface area contributed by atoms with Crippen LogP contribution in [0.2, 0.25) is 0 Å². The van der Waals surface area contributed by atoms with Crippen molar-refractivity contribution in [1.82, 2.24) is 0 Å². The molecule has 0 amide bonds. The highest BCUT2D eigenvalue weighted by Crippen LogP contribution is 2.12. The summed E-state index contributed by atoms with van der Waals surface area (Å²) in [4.78, 5) is 31.8. The lowest BCUT2D eigenvalue weighted by Gasteiger charge is -2.01. The summed E-state index contributed by atoms with van der Waals surface area (Å²) in [5.41, 5.74) is -0.227. The van der Waals surface area contributed by atoms with Crippen molar-refractivity contribution in [3.63, 3.8) is 0 Å². The Morgan fingerprint density at radius 1 is 0.810 bits per heavy atom. The van der Waals surface area contributed by atoms with Crippen LogP contribution in [0.15, 0.2) is 24.3 Å². The number of rotatable bonds is 4. The largest absolute Gasteiger partial charge is 0.478 e. The fraction of sp³-hybridized carbons (Fsp3) is 0.267. The Bertz CT molecular complexity index is 485. The fourth-order valence-electron chi connectivity index (χ4n) is 1.16. The van der Waals surface area contributed by atoms with E-state index in [0.717, 1.165) is 18.2 Å². The van der Waals surface area contributed by atoms with Gasteiger partial charge in [0.2, 0.25) is 0 Å². The zero-order chi connectivity index (χ0) is 17.0. The Labute approximate surface area is 123 Å². The van der Waals surface area contributed by atoms with Gasteiger partial charge in [0.1, 0.15) is 0 Å². The van der Waals surface area contributed by atoms with E-state index < -0.39 is 17.9 Å². The van der Waals surface area contributed by atoms with E-state index >= 15 is 0 Å². The normalized spacial score (nSPS) is 8.95. The zero-order valence-corrected chi connectivity index (χ0v) is 12.5. The van der Waals surface area contributed by atoms with Gasteiger partial charge in [0, 0.05) is 6.08 Å². The van der Waals surface area contributed by atoms with Gasteiger partial charge in [-0.3, -0.25) is 0 Å². The Morgan fingerprint density at radius 2 is 1.19 bits per heavy atom. The summed E-state index contributed by atoms with van der Waals surface area (Å²) in [6.07, 6.45) is 1.92. The van der Waals surface area contributed by atoms with Gasteiger partial charge >= 0.3 is 17.9 Å². The van der Waals surface area contributed by atoms with Crippen molar-refractivity contribution in [3.05, 3.63) is 41.0 Å². The molecule has 0 radical (unpaired) electrons. The van der Waals surface area contributed by atoms with E-state index in [4.69, 9.17) is 15.3 Å².